The van der Waals surface area contributed by atoms with Crippen LogP contribution in [0.1, 0.15) is 26.3 Å². The van der Waals surface area contributed by atoms with Crippen molar-refractivity contribution in [3.8, 4) is 0 Å². The van der Waals surface area contributed by atoms with Gasteiger partial charge in [0, 0.05) is 32.2 Å². The van der Waals surface area contributed by atoms with Crippen molar-refractivity contribution in [3.63, 3.8) is 0 Å². The summed E-state index contributed by atoms with van der Waals surface area (Å²) in [4.78, 5) is 17.9. The lowest BCUT2D eigenvalue weighted by molar-refractivity contribution is -0.121. The summed E-state index contributed by atoms with van der Waals surface area (Å²) in [7, 11) is 1.62. The van der Waals surface area contributed by atoms with Crippen molar-refractivity contribution in [2.45, 2.75) is 32.9 Å². The molecule has 0 radical (unpaired) electrons. The van der Waals surface area contributed by atoms with E-state index in [2.05, 4.69) is 20.9 Å². The summed E-state index contributed by atoms with van der Waals surface area (Å²) in [5.41, 5.74) is 1.12. The van der Waals surface area contributed by atoms with Crippen LogP contribution in [0.15, 0.2) is 23.2 Å². The zero-order valence-electron chi connectivity index (χ0n) is 17.0. The number of morpholine rings is 1. The second-order valence-corrected chi connectivity index (χ2v) is 7.46. The maximum atomic E-state index is 14.4. The Morgan fingerprint density at radius 2 is 1.93 bits per heavy atom. The van der Waals surface area contributed by atoms with E-state index in [9.17, 15) is 9.18 Å². The quantitative estimate of drug-likeness (QED) is 0.322. The van der Waals surface area contributed by atoms with E-state index in [1.807, 2.05) is 31.7 Å². The molecule has 1 saturated heterocycles. The van der Waals surface area contributed by atoms with Gasteiger partial charge in [0.1, 0.15) is 5.82 Å². The van der Waals surface area contributed by atoms with Gasteiger partial charge in [0.25, 0.3) is 0 Å². The molecule has 2 rings (SSSR count). The zero-order valence-corrected chi connectivity index (χ0v) is 19.3. The van der Waals surface area contributed by atoms with Gasteiger partial charge in [-0.1, -0.05) is 6.07 Å². The molecule has 1 aromatic rings. The molecular formula is C19H31FIN5O2. The van der Waals surface area contributed by atoms with E-state index in [4.69, 9.17) is 4.74 Å². The summed E-state index contributed by atoms with van der Waals surface area (Å²) < 4.78 is 19.7. The van der Waals surface area contributed by atoms with Crippen LogP contribution in [-0.2, 0) is 16.1 Å². The molecule has 1 heterocycles. The Bertz CT molecular complexity index is 673. The number of hydrogen-bond acceptors (Lipinski definition) is 4. The zero-order chi connectivity index (χ0) is 19.9. The van der Waals surface area contributed by atoms with Crippen molar-refractivity contribution in [1.29, 1.82) is 0 Å². The standard InChI is InChI=1S/C19H30FN5O2.HI/c1-19(2,3)24-17(26)13-23-18(21-4)22-12-14-5-6-16(15(20)11-14)25-7-9-27-10-8-25;/h5-6,11H,7-10,12-13H2,1-4H3,(H,24,26)(H2,21,22,23);1H. The molecule has 0 saturated carbocycles. The number of ether oxygens (including phenoxy) is 1. The number of nitrogens with one attached hydrogen (secondary N) is 3. The number of nitrogens with zero attached hydrogens (tertiary/aromatic N) is 2. The topological polar surface area (TPSA) is 78.0 Å². The van der Waals surface area contributed by atoms with Crippen LogP contribution >= 0.6 is 24.0 Å². The van der Waals surface area contributed by atoms with Crippen LogP contribution in [0.5, 0.6) is 0 Å². The van der Waals surface area contributed by atoms with E-state index in [1.54, 1.807) is 13.1 Å². The van der Waals surface area contributed by atoms with E-state index >= 15 is 0 Å². The molecule has 0 bridgehead atoms. The SMILES string of the molecule is CN=C(NCC(=O)NC(C)(C)C)NCc1ccc(N2CCOCC2)c(F)c1.I. The van der Waals surface area contributed by atoms with Crippen LogP contribution in [0, 0.1) is 5.82 Å². The molecule has 0 atom stereocenters. The van der Waals surface area contributed by atoms with Gasteiger partial charge in [-0.3, -0.25) is 9.79 Å². The second kappa shape index (κ2) is 11.4. The highest BCUT2D eigenvalue weighted by molar-refractivity contribution is 14.0. The minimum Gasteiger partial charge on any atom is -0.378 e. The first-order valence-corrected chi connectivity index (χ1v) is 9.15. The van der Waals surface area contributed by atoms with Crippen LogP contribution < -0.4 is 20.9 Å². The molecular weight excluding hydrogens is 476 g/mol. The van der Waals surface area contributed by atoms with Crippen LogP contribution in [0.25, 0.3) is 0 Å². The monoisotopic (exact) mass is 507 g/mol. The Hall–Kier alpha value is -1.62. The van der Waals surface area contributed by atoms with Crippen molar-refractivity contribution in [1.82, 2.24) is 16.0 Å². The predicted octanol–water partition coefficient (Wildman–Crippen LogP) is 1.86. The molecule has 1 aliphatic heterocycles. The van der Waals surface area contributed by atoms with Crippen LogP contribution in [0.3, 0.4) is 0 Å². The molecule has 158 valence electrons. The van der Waals surface area contributed by atoms with Crippen LogP contribution in [0.2, 0.25) is 0 Å². The largest absolute Gasteiger partial charge is 0.378 e. The highest BCUT2D eigenvalue weighted by Gasteiger charge is 2.16. The van der Waals surface area contributed by atoms with Crippen molar-refractivity contribution in [2.75, 3.05) is 44.8 Å². The maximum absolute atomic E-state index is 14.4. The van der Waals surface area contributed by atoms with Gasteiger partial charge in [0.15, 0.2) is 5.96 Å². The molecule has 0 spiro atoms. The molecule has 3 N–H and O–H groups in total. The number of benzene rings is 1. The number of carbonyl (C=O) groups excluding carboxylic acids is 1. The van der Waals surface area contributed by atoms with Gasteiger partial charge >= 0.3 is 0 Å². The van der Waals surface area contributed by atoms with E-state index in [-0.39, 0.29) is 47.8 Å². The minimum absolute atomic E-state index is 0. The second-order valence-electron chi connectivity index (χ2n) is 7.46. The summed E-state index contributed by atoms with van der Waals surface area (Å²) in [5, 5.41) is 8.91. The van der Waals surface area contributed by atoms with Gasteiger partial charge in [0.2, 0.25) is 5.91 Å². The van der Waals surface area contributed by atoms with Crippen LogP contribution in [-0.4, -0.2) is 57.3 Å². The van der Waals surface area contributed by atoms with Gasteiger partial charge < -0.3 is 25.6 Å². The van der Waals surface area contributed by atoms with E-state index < -0.39 is 0 Å². The Morgan fingerprint density at radius 3 is 2.50 bits per heavy atom. The Balaban J connectivity index is 0.00000392. The Morgan fingerprint density at radius 1 is 1.25 bits per heavy atom. The van der Waals surface area contributed by atoms with E-state index in [0.717, 1.165) is 5.56 Å². The number of carbonyl (C=O) groups is 1. The van der Waals surface area contributed by atoms with Crippen molar-refractivity contribution in [2.24, 2.45) is 4.99 Å². The molecule has 1 amide bonds. The lowest BCUT2D eigenvalue weighted by atomic mass is 10.1. The molecule has 28 heavy (non-hydrogen) atoms. The number of halogens is 2. The van der Waals surface area contributed by atoms with Gasteiger partial charge in [-0.2, -0.15) is 0 Å². The Kier molecular flexibility index (Phi) is 9.94. The summed E-state index contributed by atoms with van der Waals surface area (Å²) in [6, 6.07) is 5.21. The summed E-state index contributed by atoms with van der Waals surface area (Å²) in [6.45, 7) is 8.92. The summed E-state index contributed by atoms with van der Waals surface area (Å²) in [6.07, 6.45) is 0. The fourth-order valence-corrected chi connectivity index (χ4v) is 2.75. The smallest absolute Gasteiger partial charge is 0.239 e. The number of aliphatic imine (C=N–C) groups is 1. The maximum Gasteiger partial charge on any atom is 0.239 e. The highest BCUT2D eigenvalue weighted by atomic mass is 127. The average molecular weight is 507 g/mol. The van der Waals surface area contributed by atoms with Gasteiger partial charge in [-0.15, -0.1) is 24.0 Å². The van der Waals surface area contributed by atoms with E-state index in [0.29, 0.717) is 44.5 Å². The Labute approximate surface area is 183 Å². The highest BCUT2D eigenvalue weighted by Crippen LogP contribution is 2.21. The molecule has 1 aromatic carbocycles. The van der Waals surface area contributed by atoms with Gasteiger partial charge in [0.05, 0.1) is 25.4 Å². The molecule has 0 aromatic heterocycles. The first-order chi connectivity index (χ1) is 12.8. The molecule has 9 heteroatoms. The molecule has 0 aliphatic carbocycles. The normalized spacial score (nSPS) is 14.9. The van der Waals surface area contributed by atoms with Crippen LogP contribution in [0.4, 0.5) is 10.1 Å². The average Bonchev–Trinajstić information content (AvgIpc) is 2.61. The number of amides is 1. The van der Waals surface area contributed by atoms with E-state index in [1.165, 1.54) is 6.07 Å². The third-order valence-corrected chi connectivity index (χ3v) is 3.98. The third-order valence-electron chi connectivity index (χ3n) is 3.98. The third kappa shape index (κ3) is 8.17. The number of rotatable bonds is 5. The lowest BCUT2D eigenvalue weighted by Gasteiger charge is -2.29. The number of hydrogen-bond donors (Lipinski definition) is 3. The first kappa shape index (κ1) is 24.4. The fraction of sp³-hybridized carbons (Fsp3) is 0.579. The van der Waals surface area contributed by atoms with Crippen molar-refractivity contribution < 1.29 is 13.9 Å². The molecule has 1 aliphatic rings. The fourth-order valence-electron chi connectivity index (χ4n) is 2.75. The lowest BCUT2D eigenvalue weighted by Crippen LogP contribution is -2.48. The van der Waals surface area contributed by atoms with Gasteiger partial charge in [-0.25, -0.2) is 4.39 Å². The van der Waals surface area contributed by atoms with Crippen molar-refractivity contribution in [3.05, 3.63) is 29.6 Å². The first-order valence-electron chi connectivity index (χ1n) is 9.15. The number of anilines is 1. The van der Waals surface area contributed by atoms with Crippen molar-refractivity contribution >= 4 is 41.5 Å². The summed E-state index contributed by atoms with van der Waals surface area (Å²) >= 11 is 0. The molecule has 7 nitrogen and oxygen atoms in total. The minimum atomic E-state index is -0.282. The molecule has 0 unspecified atom stereocenters. The van der Waals surface area contributed by atoms with Gasteiger partial charge in [-0.05, 0) is 38.5 Å². The number of guanidine groups is 1. The molecule has 1 fully saturated rings. The summed E-state index contributed by atoms with van der Waals surface area (Å²) in [5.74, 6) is 0.117. The predicted molar refractivity (Wildman–Crippen MR) is 121 cm³/mol.